The van der Waals surface area contributed by atoms with Gasteiger partial charge < -0.3 is 10.2 Å². The fourth-order valence-electron chi connectivity index (χ4n) is 3.80. The number of carbonyl (C=O) groups is 1. The van der Waals surface area contributed by atoms with Crippen LogP contribution in [0.25, 0.3) is 0 Å². The molecular weight excluding hydrogens is 296 g/mol. The van der Waals surface area contributed by atoms with Crippen LogP contribution in [0.3, 0.4) is 0 Å². The summed E-state index contributed by atoms with van der Waals surface area (Å²) < 4.78 is 0. The summed E-state index contributed by atoms with van der Waals surface area (Å²) in [7, 11) is 1.93. The van der Waals surface area contributed by atoms with Crippen molar-refractivity contribution in [3.05, 3.63) is 35.4 Å². The van der Waals surface area contributed by atoms with Gasteiger partial charge in [0.25, 0.3) is 0 Å². The number of nitrogens with zero attached hydrogens (tertiary/aromatic N) is 1. The summed E-state index contributed by atoms with van der Waals surface area (Å²) in [5.74, 6) is 0.874. The van der Waals surface area contributed by atoms with Gasteiger partial charge in [-0.15, -0.1) is 12.4 Å². The number of amides is 1. The third-order valence-corrected chi connectivity index (χ3v) is 5.00. The minimum atomic E-state index is 0. The molecule has 1 aromatic rings. The SMILES string of the molecule is Cc1ccc(CN(C)C(=O)CC2CC3CCC(C2)N3)cc1.Cl. The van der Waals surface area contributed by atoms with Gasteiger partial charge >= 0.3 is 0 Å². The van der Waals surface area contributed by atoms with Crippen LogP contribution in [0.1, 0.15) is 43.2 Å². The molecular formula is C18H27ClN2O. The lowest BCUT2D eigenvalue weighted by atomic mass is 9.89. The van der Waals surface area contributed by atoms with E-state index in [0.717, 1.165) is 13.0 Å². The molecule has 0 aromatic heterocycles. The third-order valence-electron chi connectivity index (χ3n) is 5.00. The standard InChI is InChI=1S/C18H26N2O.ClH/c1-13-3-5-14(6-4-13)12-20(2)18(21)11-15-9-16-7-8-17(10-15)19-16;/h3-6,15-17,19H,7-12H2,1-2H3;1H. The van der Waals surface area contributed by atoms with Gasteiger partial charge in [0.15, 0.2) is 0 Å². The van der Waals surface area contributed by atoms with Gasteiger partial charge in [-0.2, -0.15) is 0 Å². The Labute approximate surface area is 139 Å². The molecule has 2 bridgehead atoms. The van der Waals surface area contributed by atoms with Gasteiger partial charge in [-0.3, -0.25) is 4.79 Å². The highest BCUT2D eigenvalue weighted by atomic mass is 35.5. The van der Waals surface area contributed by atoms with Crippen molar-refractivity contribution in [2.75, 3.05) is 7.05 Å². The Balaban J connectivity index is 0.00000176. The average molecular weight is 323 g/mol. The zero-order chi connectivity index (χ0) is 14.8. The fourth-order valence-corrected chi connectivity index (χ4v) is 3.80. The molecule has 22 heavy (non-hydrogen) atoms. The first-order valence-electron chi connectivity index (χ1n) is 8.15. The van der Waals surface area contributed by atoms with Crippen LogP contribution in [0.15, 0.2) is 24.3 Å². The molecule has 2 atom stereocenters. The molecule has 1 aromatic carbocycles. The molecule has 0 saturated carbocycles. The van der Waals surface area contributed by atoms with Crippen LogP contribution >= 0.6 is 12.4 Å². The molecule has 0 spiro atoms. The summed E-state index contributed by atoms with van der Waals surface area (Å²) in [5, 5.41) is 3.64. The highest BCUT2D eigenvalue weighted by Gasteiger charge is 2.34. The summed E-state index contributed by atoms with van der Waals surface area (Å²) in [6.07, 6.45) is 5.68. The van der Waals surface area contributed by atoms with E-state index in [4.69, 9.17) is 0 Å². The summed E-state index contributed by atoms with van der Waals surface area (Å²) in [4.78, 5) is 14.3. The largest absolute Gasteiger partial charge is 0.341 e. The first kappa shape index (κ1) is 17.3. The summed E-state index contributed by atoms with van der Waals surface area (Å²) in [6, 6.07) is 9.79. The number of rotatable bonds is 4. The number of hydrogen-bond donors (Lipinski definition) is 1. The van der Waals surface area contributed by atoms with Crippen LogP contribution in [-0.4, -0.2) is 29.9 Å². The molecule has 2 aliphatic heterocycles. The number of carbonyl (C=O) groups excluding carboxylic acids is 1. The van der Waals surface area contributed by atoms with Crippen molar-refractivity contribution < 1.29 is 4.79 Å². The lowest BCUT2D eigenvalue weighted by Gasteiger charge is -2.30. The molecule has 3 rings (SSSR count). The first-order chi connectivity index (χ1) is 10.1. The third kappa shape index (κ3) is 4.23. The van der Waals surface area contributed by atoms with E-state index in [1.54, 1.807) is 0 Å². The molecule has 4 heteroatoms. The smallest absolute Gasteiger partial charge is 0.222 e. The maximum absolute atomic E-state index is 12.4. The van der Waals surface area contributed by atoms with Crippen molar-refractivity contribution in [1.29, 1.82) is 0 Å². The molecule has 0 radical (unpaired) electrons. The molecule has 122 valence electrons. The summed E-state index contributed by atoms with van der Waals surface area (Å²) >= 11 is 0. The van der Waals surface area contributed by atoms with E-state index in [9.17, 15) is 4.79 Å². The second kappa shape index (κ2) is 7.47. The lowest BCUT2D eigenvalue weighted by molar-refractivity contribution is -0.131. The normalized spacial score (nSPS) is 26.4. The van der Waals surface area contributed by atoms with Crippen molar-refractivity contribution in [1.82, 2.24) is 10.2 Å². The number of aryl methyl sites for hydroxylation is 1. The van der Waals surface area contributed by atoms with Gasteiger partial charge in [-0.25, -0.2) is 0 Å². The molecule has 2 aliphatic rings. The maximum Gasteiger partial charge on any atom is 0.222 e. The highest BCUT2D eigenvalue weighted by molar-refractivity contribution is 5.85. The Kier molecular flexibility index (Phi) is 5.87. The number of benzene rings is 1. The Hall–Kier alpha value is -1.06. The van der Waals surface area contributed by atoms with E-state index in [-0.39, 0.29) is 12.4 Å². The molecule has 3 nitrogen and oxygen atoms in total. The second-order valence-corrected chi connectivity index (χ2v) is 6.91. The highest BCUT2D eigenvalue weighted by Crippen LogP contribution is 2.32. The number of hydrogen-bond acceptors (Lipinski definition) is 2. The molecule has 0 aliphatic carbocycles. The minimum absolute atomic E-state index is 0. The topological polar surface area (TPSA) is 32.3 Å². The molecule has 2 unspecified atom stereocenters. The number of fused-ring (bicyclic) bond motifs is 2. The van der Waals surface area contributed by atoms with E-state index >= 15 is 0 Å². The average Bonchev–Trinajstić information content (AvgIpc) is 2.80. The molecule has 1 amide bonds. The van der Waals surface area contributed by atoms with E-state index in [2.05, 4.69) is 36.5 Å². The number of halogens is 1. The Morgan fingerprint density at radius 1 is 1.18 bits per heavy atom. The Morgan fingerprint density at radius 2 is 1.77 bits per heavy atom. The van der Waals surface area contributed by atoms with Crippen LogP contribution in [0.4, 0.5) is 0 Å². The Morgan fingerprint density at radius 3 is 2.36 bits per heavy atom. The van der Waals surface area contributed by atoms with Gasteiger partial charge in [-0.05, 0) is 44.1 Å². The minimum Gasteiger partial charge on any atom is -0.341 e. The van der Waals surface area contributed by atoms with Gasteiger partial charge in [0, 0.05) is 32.1 Å². The number of piperidine rings is 1. The van der Waals surface area contributed by atoms with E-state index < -0.39 is 0 Å². The van der Waals surface area contributed by atoms with Crippen LogP contribution in [-0.2, 0) is 11.3 Å². The molecule has 2 saturated heterocycles. The van der Waals surface area contributed by atoms with Crippen LogP contribution in [0.5, 0.6) is 0 Å². The molecule has 2 fully saturated rings. The van der Waals surface area contributed by atoms with Crippen molar-refractivity contribution in [3.8, 4) is 0 Å². The number of nitrogens with one attached hydrogen (secondary N) is 1. The van der Waals surface area contributed by atoms with Crippen LogP contribution in [0.2, 0.25) is 0 Å². The monoisotopic (exact) mass is 322 g/mol. The predicted molar refractivity (Wildman–Crippen MR) is 92.2 cm³/mol. The summed E-state index contributed by atoms with van der Waals surface area (Å²) in [5.41, 5.74) is 2.47. The van der Waals surface area contributed by atoms with E-state index in [1.807, 2.05) is 11.9 Å². The van der Waals surface area contributed by atoms with Crippen molar-refractivity contribution in [3.63, 3.8) is 0 Å². The van der Waals surface area contributed by atoms with E-state index in [0.29, 0.717) is 23.9 Å². The zero-order valence-corrected chi connectivity index (χ0v) is 14.4. The van der Waals surface area contributed by atoms with Crippen molar-refractivity contribution >= 4 is 18.3 Å². The first-order valence-corrected chi connectivity index (χ1v) is 8.15. The van der Waals surface area contributed by atoms with Crippen LogP contribution in [0, 0.1) is 12.8 Å². The Bertz CT molecular complexity index is 490. The van der Waals surface area contributed by atoms with Gasteiger partial charge in [0.2, 0.25) is 5.91 Å². The van der Waals surface area contributed by atoms with Crippen molar-refractivity contribution in [2.24, 2.45) is 5.92 Å². The van der Waals surface area contributed by atoms with E-state index in [1.165, 1.54) is 36.8 Å². The van der Waals surface area contributed by atoms with Crippen LogP contribution < -0.4 is 5.32 Å². The second-order valence-electron chi connectivity index (χ2n) is 6.91. The van der Waals surface area contributed by atoms with Gasteiger partial charge in [-0.1, -0.05) is 29.8 Å². The fraction of sp³-hybridized carbons (Fsp3) is 0.611. The summed E-state index contributed by atoms with van der Waals surface area (Å²) in [6.45, 7) is 2.81. The molecule has 2 heterocycles. The quantitative estimate of drug-likeness (QED) is 0.922. The zero-order valence-electron chi connectivity index (χ0n) is 13.5. The van der Waals surface area contributed by atoms with Gasteiger partial charge in [0.05, 0.1) is 0 Å². The predicted octanol–water partition coefficient (Wildman–Crippen LogP) is 3.30. The van der Waals surface area contributed by atoms with Crippen molar-refractivity contribution in [2.45, 2.75) is 57.7 Å². The van der Waals surface area contributed by atoms with Gasteiger partial charge in [0.1, 0.15) is 0 Å². The maximum atomic E-state index is 12.4. The lowest BCUT2D eigenvalue weighted by Crippen LogP contribution is -2.39. The molecule has 1 N–H and O–H groups in total.